The van der Waals surface area contributed by atoms with Gasteiger partial charge in [0.2, 0.25) is 5.91 Å². The highest BCUT2D eigenvalue weighted by Crippen LogP contribution is 2.28. The van der Waals surface area contributed by atoms with Crippen LogP contribution in [0.5, 0.6) is 0 Å². The van der Waals surface area contributed by atoms with Crippen LogP contribution in [0.1, 0.15) is 36.2 Å². The zero-order valence-electron chi connectivity index (χ0n) is 15.7. The summed E-state index contributed by atoms with van der Waals surface area (Å²) in [6.07, 6.45) is 1.77. The first kappa shape index (κ1) is 20.9. The number of carbonyl (C=O) groups is 1. The quantitative estimate of drug-likeness (QED) is 0.707. The van der Waals surface area contributed by atoms with Crippen LogP contribution in [0.15, 0.2) is 34.5 Å². The average Bonchev–Trinajstić information content (AvgIpc) is 3.35. The van der Waals surface area contributed by atoms with Gasteiger partial charge >= 0.3 is 0 Å². The number of nitrogens with zero attached hydrogens (tertiary/aromatic N) is 2. The number of benzene rings is 1. The normalized spacial score (nSPS) is 16.3. The van der Waals surface area contributed by atoms with E-state index in [1.165, 1.54) is 15.3 Å². The largest absolute Gasteiger partial charge is 0.339 e. The summed E-state index contributed by atoms with van der Waals surface area (Å²) in [5.41, 5.74) is 0.484. The molecule has 0 radical (unpaired) electrons. The first-order valence-electron chi connectivity index (χ1n) is 8.99. The lowest BCUT2D eigenvalue weighted by Crippen LogP contribution is -2.30. The van der Waals surface area contributed by atoms with Crippen LogP contribution in [0.25, 0.3) is 0 Å². The van der Waals surface area contributed by atoms with E-state index in [0.717, 1.165) is 36.3 Å². The topological polar surface area (TPSA) is 57.7 Å². The van der Waals surface area contributed by atoms with Gasteiger partial charge in [-0.3, -0.25) is 4.79 Å². The van der Waals surface area contributed by atoms with Crippen molar-refractivity contribution in [1.29, 1.82) is 0 Å². The lowest BCUT2D eigenvalue weighted by atomic mass is 10.1. The third kappa shape index (κ3) is 4.26. The summed E-state index contributed by atoms with van der Waals surface area (Å²) >= 11 is 1.10. The molecule has 0 N–H and O–H groups in total. The summed E-state index contributed by atoms with van der Waals surface area (Å²) < 4.78 is 53.5. The van der Waals surface area contributed by atoms with Gasteiger partial charge in [-0.05, 0) is 49.6 Å². The van der Waals surface area contributed by atoms with Crippen molar-refractivity contribution in [3.8, 4) is 0 Å². The lowest BCUT2D eigenvalue weighted by Gasteiger charge is -2.25. The first-order chi connectivity index (χ1) is 13.2. The Morgan fingerprint density at radius 1 is 1.18 bits per heavy atom. The Morgan fingerprint density at radius 3 is 2.50 bits per heavy atom. The summed E-state index contributed by atoms with van der Waals surface area (Å²) in [6.45, 7) is 2.79. The van der Waals surface area contributed by atoms with Gasteiger partial charge in [0.05, 0.1) is 12.5 Å². The van der Waals surface area contributed by atoms with Crippen LogP contribution in [0, 0.1) is 11.6 Å². The number of sulfonamides is 1. The maximum atomic E-state index is 13.5. The van der Waals surface area contributed by atoms with E-state index in [1.807, 2.05) is 0 Å². The molecule has 28 heavy (non-hydrogen) atoms. The van der Waals surface area contributed by atoms with Crippen molar-refractivity contribution in [3.05, 3.63) is 52.4 Å². The molecule has 1 aliphatic heterocycles. The molecule has 1 amide bonds. The van der Waals surface area contributed by atoms with Crippen LogP contribution in [0.3, 0.4) is 0 Å². The van der Waals surface area contributed by atoms with Crippen molar-refractivity contribution < 1.29 is 22.0 Å². The number of likely N-dealkylation sites (N-methyl/N-ethyl adjacent to an activating group) is 1. The van der Waals surface area contributed by atoms with Crippen LogP contribution in [0.4, 0.5) is 8.78 Å². The highest BCUT2D eigenvalue weighted by Gasteiger charge is 2.29. The zero-order valence-corrected chi connectivity index (χ0v) is 17.3. The molecule has 0 bridgehead atoms. The second kappa shape index (κ2) is 8.26. The number of rotatable bonds is 6. The van der Waals surface area contributed by atoms with Gasteiger partial charge in [0, 0.05) is 25.0 Å². The second-order valence-corrected chi connectivity index (χ2v) is 10.2. The molecule has 1 atom stereocenters. The molecule has 1 aromatic heterocycles. The van der Waals surface area contributed by atoms with Crippen molar-refractivity contribution in [3.63, 3.8) is 0 Å². The molecule has 1 aliphatic rings. The predicted octanol–water partition coefficient (Wildman–Crippen LogP) is 3.57. The monoisotopic (exact) mass is 428 g/mol. The van der Waals surface area contributed by atoms with E-state index in [9.17, 15) is 22.0 Å². The summed E-state index contributed by atoms with van der Waals surface area (Å²) in [5, 5.41) is 0. The fraction of sp³-hybridized carbons (Fsp3) is 0.421. The smallest absolute Gasteiger partial charge is 0.252 e. The zero-order chi connectivity index (χ0) is 20.5. The summed E-state index contributed by atoms with van der Waals surface area (Å²) in [7, 11) is -1.91. The summed E-state index contributed by atoms with van der Waals surface area (Å²) in [4.78, 5) is 14.7. The summed E-state index contributed by atoms with van der Waals surface area (Å²) in [6, 6.07) is 6.31. The van der Waals surface area contributed by atoms with E-state index in [0.29, 0.717) is 23.5 Å². The number of hydrogen-bond donors (Lipinski definition) is 0. The van der Waals surface area contributed by atoms with Crippen LogP contribution in [-0.2, 0) is 21.2 Å². The fourth-order valence-corrected chi connectivity index (χ4v) is 6.15. The lowest BCUT2D eigenvalue weighted by molar-refractivity contribution is -0.131. The van der Waals surface area contributed by atoms with Gasteiger partial charge in [-0.15, -0.1) is 11.3 Å². The minimum absolute atomic E-state index is 0.0463. The van der Waals surface area contributed by atoms with Gasteiger partial charge in [0.15, 0.2) is 11.6 Å². The van der Waals surface area contributed by atoms with Crippen molar-refractivity contribution in [2.24, 2.45) is 0 Å². The van der Waals surface area contributed by atoms with E-state index in [4.69, 9.17) is 0 Å². The Hall–Kier alpha value is -1.84. The van der Waals surface area contributed by atoms with Crippen LogP contribution < -0.4 is 0 Å². The SMILES string of the molecule is CC(c1ccc(F)c(F)c1)N(C)C(=O)Cc1ccc(S(=O)(=O)N2CCCC2)s1. The molecule has 3 rings (SSSR count). The number of hydrogen-bond acceptors (Lipinski definition) is 4. The third-order valence-corrected chi connectivity index (χ3v) is 8.47. The summed E-state index contributed by atoms with van der Waals surface area (Å²) in [5.74, 6) is -2.13. The molecule has 1 aromatic carbocycles. The van der Waals surface area contributed by atoms with E-state index >= 15 is 0 Å². The van der Waals surface area contributed by atoms with E-state index in [2.05, 4.69) is 0 Å². The molecule has 9 heteroatoms. The molecule has 2 heterocycles. The number of carbonyl (C=O) groups excluding carboxylic acids is 1. The van der Waals surface area contributed by atoms with Crippen LogP contribution in [0.2, 0.25) is 0 Å². The highest BCUT2D eigenvalue weighted by molar-refractivity contribution is 7.91. The fourth-order valence-electron chi connectivity index (χ4n) is 3.13. The molecule has 1 saturated heterocycles. The molecule has 0 aliphatic carbocycles. The van der Waals surface area contributed by atoms with E-state index in [1.54, 1.807) is 26.1 Å². The van der Waals surface area contributed by atoms with Crippen molar-refractivity contribution in [2.75, 3.05) is 20.1 Å². The minimum atomic E-state index is -3.49. The average molecular weight is 429 g/mol. The predicted molar refractivity (Wildman–Crippen MR) is 104 cm³/mol. The number of halogens is 2. The Morgan fingerprint density at radius 2 is 1.86 bits per heavy atom. The van der Waals surface area contributed by atoms with Crippen LogP contribution >= 0.6 is 11.3 Å². The van der Waals surface area contributed by atoms with Gasteiger partial charge in [0.1, 0.15) is 4.21 Å². The van der Waals surface area contributed by atoms with E-state index < -0.39 is 27.7 Å². The molecule has 1 unspecified atom stereocenters. The molecule has 1 fully saturated rings. The van der Waals surface area contributed by atoms with E-state index in [-0.39, 0.29) is 16.5 Å². The number of thiophene rings is 1. The first-order valence-corrected chi connectivity index (χ1v) is 11.3. The maximum Gasteiger partial charge on any atom is 0.252 e. The molecular weight excluding hydrogens is 406 g/mol. The van der Waals surface area contributed by atoms with Crippen molar-refractivity contribution in [2.45, 2.75) is 36.4 Å². The van der Waals surface area contributed by atoms with Gasteiger partial charge in [-0.25, -0.2) is 17.2 Å². The molecule has 0 saturated carbocycles. The van der Waals surface area contributed by atoms with Gasteiger partial charge in [-0.1, -0.05) is 6.07 Å². The molecular formula is C19H22F2N2O3S2. The Balaban J connectivity index is 1.69. The van der Waals surface area contributed by atoms with Crippen molar-refractivity contribution in [1.82, 2.24) is 9.21 Å². The van der Waals surface area contributed by atoms with Gasteiger partial charge in [-0.2, -0.15) is 4.31 Å². The van der Waals surface area contributed by atoms with Crippen LogP contribution in [-0.4, -0.2) is 43.7 Å². The Labute approximate surface area is 167 Å². The maximum absolute atomic E-state index is 13.5. The Bertz CT molecular complexity index is 969. The second-order valence-electron chi connectivity index (χ2n) is 6.86. The minimum Gasteiger partial charge on any atom is -0.339 e. The number of amides is 1. The molecule has 0 spiro atoms. The molecule has 2 aromatic rings. The molecule has 5 nitrogen and oxygen atoms in total. The van der Waals surface area contributed by atoms with Gasteiger partial charge < -0.3 is 4.90 Å². The van der Waals surface area contributed by atoms with Gasteiger partial charge in [0.25, 0.3) is 10.0 Å². The highest BCUT2D eigenvalue weighted by atomic mass is 32.2. The third-order valence-electron chi connectivity index (χ3n) is 5.02. The van der Waals surface area contributed by atoms with Crippen molar-refractivity contribution >= 4 is 27.3 Å². The molecule has 152 valence electrons. The Kier molecular flexibility index (Phi) is 6.16. The standard InChI is InChI=1S/C19H22F2N2O3S2/c1-13(14-5-7-16(20)17(21)11-14)22(2)18(24)12-15-6-8-19(27-15)28(25,26)23-9-3-4-10-23/h5-8,11,13H,3-4,9-10,12H2,1-2H3.